The van der Waals surface area contributed by atoms with Crippen LogP contribution in [0, 0.1) is 11.7 Å². The molecule has 0 unspecified atom stereocenters. The van der Waals surface area contributed by atoms with Crippen molar-refractivity contribution in [1.82, 2.24) is 14.7 Å². The average molecular weight is 442 g/mol. The molecular weight excluding hydrogens is 415 g/mol. The Hall–Kier alpha value is -3.20. The summed E-state index contributed by atoms with van der Waals surface area (Å²) < 4.78 is 18.1. The van der Waals surface area contributed by atoms with Crippen LogP contribution in [0.2, 0.25) is 0 Å². The third-order valence-electron chi connectivity index (χ3n) is 6.04. The third kappa shape index (κ3) is 5.34. The number of halogens is 1. The number of furan rings is 1. The van der Waals surface area contributed by atoms with Crippen molar-refractivity contribution in [3.63, 3.8) is 0 Å². The second kappa shape index (κ2) is 9.95. The molecular formula is C23H27FN4O4. The summed E-state index contributed by atoms with van der Waals surface area (Å²) in [5.41, 5.74) is 0.561. The van der Waals surface area contributed by atoms with Crippen LogP contribution in [0.25, 0.3) is 0 Å². The Bertz CT molecular complexity index is 931. The molecule has 1 N–H and O–H groups in total. The minimum atomic E-state index is -0.347. The number of carbonyl (C=O) groups is 3. The zero-order chi connectivity index (χ0) is 22.5. The van der Waals surface area contributed by atoms with Gasteiger partial charge in [-0.25, -0.2) is 4.39 Å². The van der Waals surface area contributed by atoms with Crippen LogP contribution in [0.3, 0.4) is 0 Å². The maximum Gasteiger partial charge on any atom is 0.289 e. The fraction of sp³-hybridized carbons (Fsp3) is 0.435. The number of piperazine rings is 1. The van der Waals surface area contributed by atoms with E-state index < -0.39 is 0 Å². The first-order valence-electron chi connectivity index (χ1n) is 10.9. The molecule has 2 saturated heterocycles. The van der Waals surface area contributed by atoms with Crippen LogP contribution in [0.15, 0.2) is 47.1 Å². The van der Waals surface area contributed by atoms with Crippen molar-refractivity contribution in [1.29, 1.82) is 0 Å². The van der Waals surface area contributed by atoms with E-state index in [1.54, 1.807) is 17.0 Å². The van der Waals surface area contributed by atoms with Crippen LogP contribution in [-0.2, 0) is 9.59 Å². The first-order chi connectivity index (χ1) is 15.5. The number of amides is 3. The largest absolute Gasteiger partial charge is 0.459 e. The SMILES string of the molecule is O=C(CN1CCC(C(=O)N2CCN(C(=O)c3ccco3)CC2)CC1)Nc1ccc(F)cc1. The topological polar surface area (TPSA) is 86.1 Å². The molecule has 1 aromatic heterocycles. The van der Waals surface area contributed by atoms with Gasteiger partial charge in [0.2, 0.25) is 11.8 Å². The van der Waals surface area contributed by atoms with Gasteiger partial charge in [-0.05, 0) is 62.3 Å². The number of rotatable bonds is 5. The first kappa shape index (κ1) is 22.0. The van der Waals surface area contributed by atoms with E-state index in [1.165, 1.54) is 30.5 Å². The van der Waals surface area contributed by atoms with Crippen LogP contribution in [0.4, 0.5) is 10.1 Å². The van der Waals surface area contributed by atoms with E-state index in [1.807, 2.05) is 9.80 Å². The van der Waals surface area contributed by atoms with Crippen molar-refractivity contribution in [2.75, 3.05) is 51.1 Å². The predicted molar refractivity (Wildman–Crippen MR) is 115 cm³/mol. The molecule has 2 aliphatic rings. The van der Waals surface area contributed by atoms with Crippen molar-refractivity contribution in [3.05, 3.63) is 54.2 Å². The lowest BCUT2D eigenvalue weighted by Gasteiger charge is -2.38. The Kier molecular flexibility index (Phi) is 6.84. The molecule has 0 aliphatic carbocycles. The zero-order valence-corrected chi connectivity index (χ0v) is 17.8. The summed E-state index contributed by atoms with van der Waals surface area (Å²) in [5.74, 6) is -0.252. The van der Waals surface area contributed by atoms with Gasteiger partial charge in [0.25, 0.3) is 5.91 Å². The fourth-order valence-corrected chi connectivity index (χ4v) is 4.22. The van der Waals surface area contributed by atoms with Crippen LogP contribution < -0.4 is 5.32 Å². The normalized spacial score (nSPS) is 17.9. The summed E-state index contributed by atoms with van der Waals surface area (Å²) in [4.78, 5) is 43.1. The van der Waals surface area contributed by atoms with Crippen molar-refractivity contribution in [3.8, 4) is 0 Å². The Balaban J connectivity index is 1.19. The second-order valence-corrected chi connectivity index (χ2v) is 8.20. The lowest BCUT2D eigenvalue weighted by atomic mass is 9.95. The summed E-state index contributed by atoms with van der Waals surface area (Å²) >= 11 is 0. The van der Waals surface area contributed by atoms with E-state index in [2.05, 4.69) is 5.32 Å². The van der Waals surface area contributed by atoms with Gasteiger partial charge in [-0.15, -0.1) is 0 Å². The standard InChI is InChI=1S/C23H27FN4O4/c24-18-3-5-19(6-4-18)25-21(29)16-26-9-7-17(8-10-26)22(30)27-11-13-28(14-12-27)23(31)20-2-1-15-32-20/h1-6,15,17H,7-14,16H2,(H,25,29). The molecule has 1 aromatic carbocycles. The van der Waals surface area contributed by atoms with Crippen molar-refractivity contribution in [2.45, 2.75) is 12.8 Å². The van der Waals surface area contributed by atoms with Crippen LogP contribution >= 0.6 is 0 Å². The summed E-state index contributed by atoms with van der Waals surface area (Å²) in [6.07, 6.45) is 2.88. The molecule has 3 heterocycles. The van der Waals surface area contributed by atoms with Gasteiger partial charge in [-0.1, -0.05) is 0 Å². The van der Waals surface area contributed by atoms with E-state index in [9.17, 15) is 18.8 Å². The number of hydrogen-bond acceptors (Lipinski definition) is 5. The zero-order valence-electron chi connectivity index (χ0n) is 17.8. The van der Waals surface area contributed by atoms with Crippen LogP contribution in [-0.4, -0.2) is 78.2 Å². The molecule has 0 radical (unpaired) electrons. The molecule has 0 saturated carbocycles. The minimum absolute atomic E-state index is 0.0567. The Morgan fingerprint density at radius 2 is 1.59 bits per heavy atom. The Labute approximate surface area is 185 Å². The van der Waals surface area contributed by atoms with E-state index in [-0.39, 0.29) is 36.0 Å². The van der Waals surface area contributed by atoms with Gasteiger partial charge in [0, 0.05) is 37.8 Å². The molecule has 4 rings (SSSR count). The number of nitrogens with zero attached hydrogens (tertiary/aromatic N) is 3. The molecule has 0 atom stereocenters. The van der Waals surface area contributed by atoms with Gasteiger partial charge in [-0.2, -0.15) is 0 Å². The molecule has 3 amide bonds. The van der Waals surface area contributed by atoms with Crippen molar-refractivity contribution < 1.29 is 23.2 Å². The summed E-state index contributed by atoms with van der Waals surface area (Å²) in [7, 11) is 0. The quantitative estimate of drug-likeness (QED) is 0.766. The number of nitrogens with one attached hydrogen (secondary N) is 1. The second-order valence-electron chi connectivity index (χ2n) is 8.20. The van der Waals surface area contributed by atoms with E-state index in [0.29, 0.717) is 63.6 Å². The Morgan fingerprint density at radius 3 is 2.22 bits per heavy atom. The smallest absolute Gasteiger partial charge is 0.289 e. The highest BCUT2D eigenvalue weighted by Crippen LogP contribution is 2.21. The fourth-order valence-electron chi connectivity index (χ4n) is 4.22. The number of likely N-dealkylation sites (tertiary alicyclic amines) is 1. The van der Waals surface area contributed by atoms with Gasteiger partial charge in [0.1, 0.15) is 5.82 Å². The van der Waals surface area contributed by atoms with Gasteiger partial charge in [-0.3, -0.25) is 19.3 Å². The number of piperidine rings is 1. The lowest BCUT2D eigenvalue weighted by molar-refractivity contribution is -0.138. The monoisotopic (exact) mass is 442 g/mol. The molecule has 0 spiro atoms. The number of hydrogen-bond donors (Lipinski definition) is 1. The molecule has 8 nitrogen and oxygen atoms in total. The predicted octanol–water partition coefficient (Wildman–Crippen LogP) is 2.05. The van der Waals surface area contributed by atoms with Crippen molar-refractivity contribution >= 4 is 23.4 Å². The lowest BCUT2D eigenvalue weighted by Crippen LogP contribution is -2.53. The van der Waals surface area contributed by atoms with Gasteiger partial charge in [0.15, 0.2) is 5.76 Å². The first-order valence-corrected chi connectivity index (χ1v) is 10.9. The number of anilines is 1. The maximum atomic E-state index is 13.0. The average Bonchev–Trinajstić information content (AvgIpc) is 3.35. The van der Waals surface area contributed by atoms with Gasteiger partial charge in [0.05, 0.1) is 12.8 Å². The number of benzene rings is 1. The molecule has 170 valence electrons. The minimum Gasteiger partial charge on any atom is -0.459 e. The molecule has 2 aliphatic heterocycles. The Morgan fingerprint density at radius 1 is 0.938 bits per heavy atom. The van der Waals surface area contributed by atoms with Gasteiger partial charge >= 0.3 is 0 Å². The summed E-state index contributed by atoms with van der Waals surface area (Å²) in [6, 6.07) is 9.00. The van der Waals surface area contributed by atoms with E-state index in [0.717, 1.165) is 0 Å². The molecule has 2 fully saturated rings. The van der Waals surface area contributed by atoms with E-state index >= 15 is 0 Å². The summed E-state index contributed by atoms with van der Waals surface area (Å²) in [6.45, 7) is 3.61. The number of carbonyl (C=O) groups excluding carboxylic acids is 3. The molecule has 32 heavy (non-hydrogen) atoms. The third-order valence-corrected chi connectivity index (χ3v) is 6.04. The highest BCUT2D eigenvalue weighted by molar-refractivity contribution is 5.92. The molecule has 0 bridgehead atoms. The maximum absolute atomic E-state index is 13.0. The highest BCUT2D eigenvalue weighted by atomic mass is 19.1. The van der Waals surface area contributed by atoms with Gasteiger partial charge < -0.3 is 19.5 Å². The van der Waals surface area contributed by atoms with Crippen molar-refractivity contribution in [2.24, 2.45) is 5.92 Å². The summed E-state index contributed by atoms with van der Waals surface area (Å²) in [5, 5.41) is 2.76. The van der Waals surface area contributed by atoms with E-state index in [4.69, 9.17) is 4.42 Å². The molecule has 2 aromatic rings. The van der Waals surface area contributed by atoms with Crippen LogP contribution in [0.5, 0.6) is 0 Å². The highest BCUT2D eigenvalue weighted by Gasteiger charge is 2.32. The molecule has 9 heteroatoms. The van der Waals surface area contributed by atoms with Crippen LogP contribution in [0.1, 0.15) is 23.4 Å².